The molecule has 0 saturated carbocycles. The van der Waals surface area contributed by atoms with Crippen LogP contribution >= 0.6 is 0 Å². The summed E-state index contributed by atoms with van der Waals surface area (Å²) in [5.74, 6) is -0.238. The van der Waals surface area contributed by atoms with Crippen molar-refractivity contribution in [2.45, 2.75) is 0 Å². The molecule has 2 nitrogen and oxygen atoms in total. The molecule has 0 atom stereocenters. The van der Waals surface area contributed by atoms with Gasteiger partial charge in [-0.15, -0.1) is 4.39 Å². The van der Waals surface area contributed by atoms with E-state index in [1.54, 1.807) is 0 Å². The molecule has 0 aromatic carbocycles. The number of hydrogen-bond donors (Lipinski definition) is 1. The maximum Gasteiger partial charge on any atom is 0.384 e. The SMILES string of the molecule is O=C(O)C#CF. The summed E-state index contributed by atoms with van der Waals surface area (Å²) in [5, 5.41) is 7.50. The lowest BCUT2D eigenvalue weighted by Gasteiger charge is -1.61. The Balaban J connectivity index is 3.50. The first-order valence-corrected chi connectivity index (χ1v) is 1.12. The lowest BCUT2D eigenvalue weighted by atomic mass is 10.7. The smallest absolute Gasteiger partial charge is 0.384 e. The molecule has 1 N–H and O–H groups in total. The van der Waals surface area contributed by atoms with Gasteiger partial charge in [0.2, 0.25) is 0 Å². The number of rotatable bonds is 0. The average molecular weight is 88.0 g/mol. The molecule has 6 heavy (non-hydrogen) atoms. The van der Waals surface area contributed by atoms with Crippen LogP contribution in [0.4, 0.5) is 4.39 Å². The van der Waals surface area contributed by atoms with E-state index in [-0.39, 0.29) is 0 Å². The predicted molar refractivity (Wildman–Crippen MR) is 16.5 cm³/mol. The Morgan fingerprint density at radius 2 is 2.33 bits per heavy atom. The number of carbonyl (C=O) groups is 1. The molecule has 0 aliphatic carbocycles. The lowest BCUT2D eigenvalue weighted by Crippen LogP contribution is -1.84. The predicted octanol–water partition coefficient (Wildman–Crippen LogP) is 0.00140. The van der Waals surface area contributed by atoms with Crippen LogP contribution in [0.3, 0.4) is 0 Å². The van der Waals surface area contributed by atoms with Crippen molar-refractivity contribution in [2.24, 2.45) is 0 Å². The van der Waals surface area contributed by atoms with Crippen LogP contribution in [0.5, 0.6) is 0 Å². The number of aliphatic carboxylic acids is 1. The van der Waals surface area contributed by atoms with Crippen LogP contribution < -0.4 is 0 Å². The van der Waals surface area contributed by atoms with Gasteiger partial charge in [0.05, 0.1) is 5.92 Å². The molecule has 0 radical (unpaired) electrons. The minimum atomic E-state index is -1.45. The van der Waals surface area contributed by atoms with Gasteiger partial charge in [0.1, 0.15) is 6.17 Å². The fourth-order valence-electron chi connectivity index (χ4n) is 0.0404. The van der Waals surface area contributed by atoms with Gasteiger partial charge >= 0.3 is 5.97 Å². The van der Waals surface area contributed by atoms with Gasteiger partial charge in [0.15, 0.2) is 0 Å². The Hall–Kier alpha value is -1.04. The summed E-state index contributed by atoms with van der Waals surface area (Å²) < 4.78 is 10.5. The highest BCUT2D eigenvalue weighted by Gasteiger charge is 1.78. The monoisotopic (exact) mass is 88.0 g/mol. The van der Waals surface area contributed by atoms with Crippen LogP contribution in [-0.2, 0) is 4.79 Å². The third kappa shape index (κ3) is 2.96. The van der Waals surface area contributed by atoms with Gasteiger partial charge in [-0.1, -0.05) is 0 Å². The molecule has 0 aromatic rings. The van der Waals surface area contributed by atoms with Crippen molar-refractivity contribution in [1.29, 1.82) is 0 Å². The highest BCUT2D eigenvalue weighted by Crippen LogP contribution is 1.54. The molecule has 32 valence electrons. The molecule has 0 aromatic heterocycles. The van der Waals surface area contributed by atoms with Crippen LogP contribution in [-0.4, -0.2) is 11.1 Å². The molecule has 0 aliphatic rings. The quantitative estimate of drug-likeness (QED) is 0.423. The minimum absolute atomic E-state index is 0.718. The second kappa shape index (κ2) is 2.21. The molecule has 0 bridgehead atoms. The number of halogens is 1. The van der Waals surface area contributed by atoms with Crippen molar-refractivity contribution in [1.82, 2.24) is 0 Å². The van der Waals surface area contributed by atoms with Crippen molar-refractivity contribution in [3.05, 3.63) is 0 Å². The van der Waals surface area contributed by atoms with Gasteiger partial charge in [0, 0.05) is 0 Å². The van der Waals surface area contributed by atoms with Gasteiger partial charge in [-0.05, 0) is 0 Å². The van der Waals surface area contributed by atoms with Gasteiger partial charge in [-0.2, -0.15) is 0 Å². The van der Waals surface area contributed by atoms with Gasteiger partial charge in [-0.3, -0.25) is 0 Å². The normalized spacial score (nSPS) is 5.50. The van der Waals surface area contributed by atoms with Crippen molar-refractivity contribution < 1.29 is 14.3 Å². The van der Waals surface area contributed by atoms with Crippen molar-refractivity contribution in [3.63, 3.8) is 0 Å². The van der Waals surface area contributed by atoms with Crippen LogP contribution in [0, 0.1) is 12.1 Å². The zero-order chi connectivity index (χ0) is 4.99. The lowest BCUT2D eigenvalue weighted by molar-refractivity contribution is -0.130. The molecular formula is C3HFO2. The Kier molecular flexibility index (Phi) is 1.83. The van der Waals surface area contributed by atoms with Gasteiger partial charge in [-0.25, -0.2) is 4.79 Å². The molecule has 0 heterocycles. The van der Waals surface area contributed by atoms with E-state index in [9.17, 15) is 9.18 Å². The summed E-state index contributed by atoms with van der Waals surface area (Å²) in [4.78, 5) is 9.19. The van der Waals surface area contributed by atoms with E-state index in [1.807, 2.05) is 0 Å². The van der Waals surface area contributed by atoms with Gasteiger partial charge in [0.25, 0.3) is 0 Å². The zero-order valence-corrected chi connectivity index (χ0v) is 2.73. The average Bonchev–Trinajstić information content (AvgIpc) is 1.35. The minimum Gasteiger partial charge on any atom is -0.472 e. The molecule has 0 fully saturated rings. The first-order chi connectivity index (χ1) is 2.77. The molecule has 0 saturated heterocycles. The third-order valence-corrected chi connectivity index (χ3v) is 0.154. The molecule has 3 heteroatoms. The van der Waals surface area contributed by atoms with E-state index in [2.05, 4.69) is 0 Å². The second-order valence-corrected chi connectivity index (χ2v) is 0.525. The number of carboxylic acids is 1. The molecule has 0 rings (SSSR count). The largest absolute Gasteiger partial charge is 0.472 e. The summed E-state index contributed by atoms with van der Waals surface area (Å²) >= 11 is 0. The molecule has 0 aliphatic heterocycles. The summed E-state index contributed by atoms with van der Waals surface area (Å²) in [6.07, 6.45) is 0.718. The van der Waals surface area contributed by atoms with E-state index in [4.69, 9.17) is 5.11 Å². The standard InChI is InChI=1S/C3HFO2/c4-2-1-3(5)6/h(H,5,6). The molecule has 0 spiro atoms. The maximum absolute atomic E-state index is 10.5. The maximum atomic E-state index is 10.5. The van der Waals surface area contributed by atoms with E-state index in [0.29, 0.717) is 0 Å². The molecule has 0 unspecified atom stereocenters. The Labute approximate surface area is 33.6 Å². The fraction of sp³-hybridized carbons (Fsp3) is 0. The number of carboxylic acid groups (broad SMARTS) is 1. The Morgan fingerprint density at radius 3 is 2.33 bits per heavy atom. The van der Waals surface area contributed by atoms with Crippen LogP contribution in [0.2, 0.25) is 0 Å². The van der Waals surface area contributed by atoms with Crippen molar-refractivity contribution in [3.8, 4) is 12.1 Å². The Morgan fingerprint density at radius 1 is 1.83 bits per heavy atom. The summed E-state index contributed by atoms with van der Waals surface area (Å²) in [5.41, 5.74) is 0. The first-order valence-electron chi connectivity index (χ1n) is 1.12. The first kappa shape index (κ1) is 4.96. The zero-order valence-electron chi connectivity index (χ0n) is 2.73. The second-order valence-electron chi connectivity index (χ2n) is 0.525. The third-order valence-electron chi connectivity index (χ3n) is 0.154. The van der Waals surface area contributed by atoms with E-state index in [0.717, 1.165) is 6.17 Å². The van der Waals surface area contributed by atoms with Crippen LogP contribution in [0.25, 0.3) is 0 Å². The molecule has 0 amide bonds. The van der Waals surface area contributed by atoms with E-state index in [1.165, 1.54) is 5.92 Å². The Bertz CT molecular complexity index is 108. The van der Waals surface area contributed by atoms with Crippen LogP contribution in [0.15, 0.2) is 0 Å². The number of hydrogen-bond acceptors (Lipinski definition) is 1. The van der Waals surface area contributed by atoms with E-state index >= 15 is 0 Å². The summed E-state index contributed by atoms with van der Waals surface area (Å²) in [6, 6.07) is 0. The molecular weight excluding hydrogens is 87.0 g/mol. The summed E-state index contributed by atoms with van der Waals surface area (Å²) in [7, 11) is 0. The van der Waals surface area contributed by atoms with Crippen LogP contribution in [0.1, 0.15) is 0 Å². The highest BCUT2D eigenvalue weighted by atomic mass is 19.1. The summed E-state index contributed by atoms with van der Waals surface area (Å²) in [6.45, 7) is 0. The van der Waals surface area contributed by atoms with E-state index < -0.39 is 5.97 Å². The topological polar surface area (TPSA) is 37.3 Å². The highest BCUT2D eigenvalue weighted by molar-refractivity contribution is 5.85. The van der Waals surface area contributed by atoms with Crippen molar-refractivity contribution in [2.75, 3.05) is 0 Å². The van der Waals surface area contributed by atoms with Crippen molar-refractivity contribution >= 4 is 5.97 Å². The van der Waals surface area contributed by atoms with Gasteiger partial charge < -0.3 is 5.11 Å². The fourth-order valence-corrected chi connectivity index (χ4v) is 0.0404.